The average Bonchev–Trinajstić information content (AvgIpc) is 2.96. The zero-order valence-corrected chi connectivity index (χ0v) is 13.3. The number of rotatable bonds is 4. The average molecular weight is 342 g/mol. The van der Waals surface area contributed by atoms with Crippen molar-refractivity contribution in [2.45, 2.75) is 13.5 Å². The highest BCUT2D eigenvalue weighted by atomic mass is 79.9. The van der Waals surface area contributed by atoms with E-state index >= 15 is 0 Å². The molecule has 4 heteroatoms. The molecule has 0 bridgehead atoms. The van der Waals surface area contributed by atoms with Crippen molar-refractivity contribution in [1.82, 2.24) is 9.78 Å². The first-order chi connectivity index (χ1) is 10.2. The summed E-state index contributed by atoms with van der Waals surface area (Å²) in [5.74, 6) is 0. The van der Waals surface area contributed by atoms with Gasteiger partial charge in [0.05, 0.1) is 11.9 Å². The molecule has 0 atom stereocenters. The molecule has 0 saturated carbocycles. The van der Waals surface area contributed by atoms with Crippen LogP contribution >= 0.6 is 15.9 Å². The lowest BCUT2D eigenvalue weighted by Gasteiger charge is -2.08. The Balaban J connectivity index is 1.70. The van der Waals surface area contributed by atoms with E-state index in [1.807, 2.05) is 47.4 Å². The van der Waals surface area contributed by atoms with E-state index in [-0.39, 0.29) is 0 Å². The summed E-state index contributed by atoms with van der Waals surface area (Å²) in [7, 11) is 0. The fourth-order valence-electron chi connectivity index (χ4n) is 2.13. The van der Waals surface area contributed by atoms with E-state index in [9.17, 15) is 0 Å². The van der Waals surface area contributed by atoms with Gasteiger partial charge in [-0.3, -0.25) is 0 Å². The molecule has 0 spiro atoms. The second kappa shape index (κ2) is 6.14. The van der Waals surface area contributed by atoms with Gasteiger partial charge in [0.1, 0.15) is 0 Å². The van der Waals surface area contributed by atoms with Gasteiger partial charge in [0.2, 0.25) is 0 Å². The molecule has 0 saturated heterocycles. The summed E-state index contributed by atoms with van der Waals surface area (Å²) >= 11 is 3.58. The monoisotopic (exact) mass is 341 g/mol. The Morgan fingerprint density at radius 3 is 2.71 bits per heavy atom. The molecule has 0 radical (unpaired) electrons. The molecule has 3 rings (SSSR count). The number of hydrogen-bond donors (Lipinski definition) is 1. The molecule has 106 valence electrons. The summed E-state index contributed by atoms with van der Waals surface area (Å²) in [6, 6.07) is 16.4. The lowest BCUT2D eigenvalue weighted by molar-refractivity contribution is 0.880. The maximum Gasteiger partial charge on any atom is 0.0645 e. The molecule has 0 aliphatic carbocycles. The molecule has 1 N–H and O–H groups in total. The highest BCUT2D eigenvalue weighted by Crippen LogP contribution is 2.23. The van der Waals surface area contributed by atoms with E-state index in [1.165, 1.54) is 5.56 Å². The largest absolute Gasteiger partial charge is 0.380 e. The van der Waals surface area contributed by atoms with Crippen LogP contribution in [0.2, 0.25) is 0 Å². The Hall–Kier alpha value is -2.07. The summed E-state index contributed by atoms with van der Waals surface area (Å²) < 4.78 is 2.97. The summed E-state index contributed by atoms with van der Waals surface area (Å²) in [6.45, 7) is 2.83. The van der Waals surface area contributed by atoms with Crippen LogP contribution in [-0.2, 0) is 6.54 Å². The smallest absolute Gasteiger partial charge is 0.0645 e. The van der Waals surface area contributed by atoms with E-state index in [4.69, 9.17) is 0 Å². The van der Waals surface area contributed by atoms with Crippen molar-refractivity contribution < 1.29 is 0 Å². The fourth-order valence-corrected chi connectivity index (χ4v) is 2.77. The Bertz CT molecular complexity index is 735. The van der Waals surface area contributed by atoms with Crippen molar-refractivity contribution in [3.63, 3.8) is 0 Å². The van der Waals surface area contributed by atoms with Gasteiger partial charge in [-0.1, -0.05) is 24.3 Å². The lowest BCUT2D eigenvalue weighted by atomic mass is 10.2. The maximum absolute atomic E-state index is 4.40. The van der Waals surface area contributed by atoms with Crippen LogP contribution in [0.4, 0.5) is 5.69 Å². The number of anilines is 1. The van der Waals surface area contributed by atoms with Crippen LogP contribution in [0.25, 0.3) is 5.69 Å². The Morgan fingerprint density at radius 1 is 1.14 bits per heavy atom. The minimum absolute atomic E-state index is 0.745. The summed E-state index contributed by atoms with van der Waals surface area (Å²) in [6.07, 6.45) is 3.94. The molecule has 0 fully saturated rings. The second-order valence-electron chi connectivity index (χ2n) is 4.97. The zero-order valence-electron chi connectivity index (χ0n) is 11.8. The van der Waals surface area contributed by atoms with Crippen molar-refractivity contribution in [3.05, 3.63) is 76.5 Å². The third-order valence-corrected chi connectivity index (χ3v) is 3.92. The number of para-hydroxylation sites is 1. The standard InChI is InChI=1S/C17H16BrN3/c1-13-7-8-17(16(18)9-13)19-10-14-11-20-21(12-14)15-5-3-2-4-6-15/h2-9,11-12,19H,10H2,1H3. The van der Waals surface area contributed by atoms with Crippen molar-refractivity contribution >= 4 is 21.6 Å². The summed E-state index contributed by atoms with van der Waals surface area (Å²) in [5, 5.41) is 7.82. The van der Waals surface area contributed by atoms with Crippen LogP contribution in [0.3, 0.4) is 0 Å². The number of halogens is 1. The van der Waals surface area contributed by atoms with Crippen molar-refractivity contribution in [3.8, 4) is 5.69 Å². The summed E-state index contributed by atoms with van der Waals surface area (Å²) in [5.41, 5.74) is 4.55. The topological polar surface area (TPSA) is 29.9 Å². The molecule has 0 aliphatic heterocycles. The third-order valence-electron chi connectivity index (χ3n) is 3.26. The van der Waals surface area contributed by atoms with Crippen LogP contribution in [-0.4, -0.2) is 9.78 Å². The SMILES string of the molecule is Cc1ccc(NCc2cnn(-c3ccccc3)c2)c(Br)c1. The minimum Gasteiger partial charge on any atom is -0.380 e. The van der Waals surface area contributed by atoms with Crippen molar-refractivity contribution in [2.75, 3.05) is 5.32 Å². The van der Waals surface area contributed by atoms with Gasteiger partial charge in [-0.2, -0.15) is 5.10 Å². The van der Waals surface area contributed by atoms with Gasteiger partial charge in [0.15, 0.2) is 0 Å². The molecule has 3 aromatic rings. The van der Waals surface area contributed by atoms with E-state index in [0.717, 1.165) is 28.0 Å². The lowest BCUT2D eigenvalue weighted by Crippen LogP contribution is -1.99. The number of aryl methyl sites for hydroxylation is 1. The molecular formula is C17H16BrN3. The zero-order chi connectivity index (χ0) is 14.7. The minimum atomic E-state index is 0.745. The van der Waals surface area contributed by atoms with E-state index in [2.05, 4.69) is 51.5 Å². The van der Waals surface area contributed by atoms with Crippen LogP contribution in [0, 0.1) is 6.92 Å². The molecule has 0 unspecified atom stereocenters. The Morgan fingerprint density at radius 2 is 1.95 bits per heavy atom. The highest BCUT2D eigenvalue weighted by Gasteiger charge is 2.03. The van der Waals surface area contributed by atoms with Gasteiger partial charge in [-0.25, -0.2) is 4.68 Å². The number of benzene rings is 2. The molecule has 2 aromatic carbocycles. The molecule has 1 aromatic heterocycles. The quantitative estimate of drug-likeness (QED) is 0.754. The second-order valence-corrected chi connectivity index (χ2v) is 5.82. The predicted octanol–water partition coefficient (Wildman–Crippen LogP) is 4.56. The van der Waals surface area contributed by atoms with Gasteiger partial charge >= 0.3 is 0 Å². The van der Waals surface area contributed by atoms with E-state index in [1.54, 1.807) is 0 Å². The molecule has 3 nitrogen and oxygen atoms in total. The Kier molecular flexibility index (Phi) is 4.06. The number of nitrogens with one attached hydrogen (secondary N) is 1. The van der Waals surface area contributed by atoms with Crippen LogP contribution in [0.5, 0.6) is 0 Å². The molecule has 21 heavy (non-hydrogen) atoms. The Labute approximate surface area is 132 Å². The fraction of sp³-hybridized carbons (Fsp3) is 0.118. The van der Waals surface area contributed by atoms with Crippen molar-refractivity contribution in [2.24, 2.45) is 0 Å². The van der Waals surface area contributed by atoms with Gasteiger partial charge in [0, 0.05) is 28.5 Å². The number of hydrogen-bond acceptors (Lipinski definition) is 2. The number of nitrogens with zero attached hydrogens (tertiary/aromatic N) is 2. The van der Waals surface area contributed by atoms with Gasteiger partial charge in [0.25, 0.3) is 0 Å². The van der Waals surface area contributed by atoms with Crippen molar-refractivity contribution in [1.29, 1.82) is 0 Å². The first kappa shape index (κ1) is 13.9. The van der Waals surface area contributed by atoms with Crippen LogP contribution in [0.1, 0.15) is 11.1 Å². The highest BCUT2D eigenvalue weighted by molar-refractivity contribution is 9.10. The van der Waals surface area contributed by atoms with Crippen LogP contribution in [0.15, 0.2) is 65.4 Å². The van der Waals surface area contributed by atoms with Gasteiger partial charge in [-0.15, -0.1) is 0 Å². The molecule has 1 heterocycles. The summed E-state index contributed by atoms with van der Waals surface area (Å²) in [4.78, 5) is 0. The molecule has 0 amide bonds. The number of aromatic nitrogens is 2. The maximum atomic E-state index is 4.40. The van der Waals surface area contributed by atoms with Gasteiger partial charge < -0.3 is 5.32 Å². The van der Waals surface area contributed by atoms with E-state index in [0.29, 0.717) is 0 Å². The van der Waals surface area contributed by atoms with Crippen LogP contribution < -0.4 is 5.32 Å². The normalized spacial score (nSPS) is 10.6. The predicted molar refractivity (Wildman–Crippen MR) is 89.8 cm³/mol. The molecular weight excluding hydrogens is 326 g/mol. The first-order valence-corrected chi connectivity index (χ1v) is 7.61. The molecule has 0 aliphatic rings. The third kappa shape index (κ3) is 3.34. The van der Waals surface area contributed by atoms with Gasteiger partial charge in [-0.05, 0) is 52.7 Å². The van der Waals surface area contributed by atoms with E-state index < -0.39 is 0 Å². The first-order valence-electron chi connectivity index (χ1n) is 6.81.